The van der Waals surface area contributed by atoms with E-state index in [1.807, 2.05) is 18.9 Å². The van der Waals surface area contributed by atoms with E-state index in [-0.39, 0.29) is 5.91 Å². The van der Waals surface area contributed by atoms with Gasteiger partial charge in [-0.05, 0) is 38.5 Å². The molecule has 0 aliphatic heterocycles. The van der Waals surface area contributed by atoms with Crippen LogP contribution < -0.4 is 0 Å². The summed E-state index contributed by atoms with van der Waals surface area (Å²) in [4.78, 5) is 14.2. The molecular formula is C14H23N3O. The van der Waals surface area contributed by atoms with E-state index in [2.05, 4.69) is 17.1 Å². The minimum atomic E-state index is 0.0983. The van der Waals surface area contributed by atoms with Gasteiger partial charge in [0.2, 0.25) is 0 Å². The zero-order valence-corrected chi connectivity index (χ0v) is 11.6. The fraction of sp³-hybridized carbons (Fsp3) is 0.714. The van der Waals surface area contributed by atoms with Gasteiger partial charge in [0.15, 0.2) is 0 Å². The van der Waals surface area contributed by atoms with Crippen molar-refractivity contribution in [3.05, 3.63) is 17.5 Å². The number of carbonyl (C=O) groups excluding carboxylic acids is 1. The van der Waals surface area contributed by atoms with Crippen molar-refractivity contribution in [3.63, 3.8) is 0 Å². The second-order valence-corrected chi connectivity index (χ2v) is 5.41. The number of carbonyl (C=O) groups is 1. The first-order valence-corrected chi connectivity index (χ1v) is 6.90. The summed E-state index contributed by atoms with van der Waals surface area (Å²) < 4.78 is 0. The molecule has 1 fully saturated rings. The molecular weight excluding hydrogens is 226 g/mol. The zero-order valence-electron chi connectivity index (χ0n) is 11.6. The summed E-state index contributed by atoms with van der Waals surface area (Å²) in [6, 6.07) is 0.398. The molecule has 0 spiro atoms. The third kappa shape index (κ3) is 2.57. The Bertz CT molecular complexity index is 405. The lowest BCUT2D eigenvalue weighted by molar-refractivity contribution is 0.0674. The first-order chi connectivity index (χ1) is 8.63. The highest BCUT2D eigenvalue weighted by Gasteiger charge is 2.27. The lowest BCUT2D eigenvalue weighted by Gasteiger charge is -2.34. The molecule has 1 aromatic rings. The number of hydrogen-bond acceptors (Lipinski definition) is 2. The van der Waals surface area contributed by atoms with Crippen molar-refractivity contribution < 1.29 is 4.79 Å². The molecule has 1 aliphatic carbocycles. The summed E-state index contributed by atoms with van der Waals surface area (Å²) >= 11 is 0. The Kier molecular flexibility index (Phi) is 4.04. The van der Waals surface area contributed by atoms with Gasteiger partial charge in [-0.25, -0.2) is 0 Å². The molecule has 0 atom stereocenters. The van der Waals surface area contributed by atoms with E-state index in [9.17, 15) is 4.79 Å². The van der Waals surface area contributed by atoms with E-state index in [1.165, 1.54) is 19.3 Å². The number of amides is 1. The minimum Gasteiger partial charge on any atom is -0.339 e. The average molecular weight is 249 g/mol. The Hall–Kier alpha value is -1.32. The summed E-state index contributed by atoms with van der Waals surface area (Å²) in [6.07, 6.45) is 7.68. The fourth-order valence-electron chi connectivity index (χ4n) is 2.86. The standard InChI is InChI=1S/C14H23N3O/c1-4-11-5-7-12(8-6-11)17(3)14(18)13-9-15-16-10(13)2/h9,11-12H,4-8H2,1-3H3,(H,15,16). The molecule has 100 valence electrons. The molecule has 1 saturated carbocycles. The number of rotatable bonds is 3. The number of nitrogens with zero attached hydrogens (tertiary/aromatic N) is 2. The van der Waals surface area contributed by atoms with Crippen LogP contribution in [0.5, 0.6) is 0 Å². The maximum absolute atomic E-state index is 12.3. The molecule has 1 aromatic heterocycles. The maximum Gasteiger partial charge on any atom is 0.257 e. The Morgan fingerprint density at radius 3 is 2.61 bits per heavy atom. The monoisotopic (exact) mass is 249 g/mol. The molecule has 2 rings (SSSR count). The largest absolute Gasteiger partial charge is 0.339 e. The van der Waals surface area contributed by atoms with E-state index in [0.717, 1.165) is 24.5 Å². The molecule has 4 heteroatoms. The first kappa shape index (κ1) is 13.1. The highest BCUT2D eigenvalue weighted by Crippen LogP contribution is 2.29. The van der Waals surface area contributed by atoms with Gasteiger partial charge in [-0.2, -0.15) is 5.10 Å². The van der Waals surface area contributed by atoms with E-state index in [4.69, 9.17) is 0 Å². The van der Waals surface area contributed by atoms with Gasteiger partial charge in [0.25, 0.3) is 5.91 Å². The van der Waals surface area contributed by atoms with E-state index < -0.39 is 0 Å². The van der Waals surface area contributed by atoms with Crippen molar-refractivity contribution in [2.75, 3.05) is 7.05 Å². The second-order valence-electron chi connectivity index (χ2n) is 5.41. The number of aromatic amines is 1. The highest BCUT2D eigenvalue weighted by atomic mass is 16.2. The van der Waals surface area contributed by atoms with Crippen LogP contribution in [0.3, 0.4) is 0 Å². The van der Waals surface area contributed by atoms with Crippen LogP contribution in [-0.4, -0.2) is 34.1 Å². The van der Waals surface area contributed by atoms with Gasteiger partial charge >= 0.3 is 0 Å². The molecule has 4 nitrogen and oxygen atoms in total. The number of H-pyrrole nitrogens is 1. The van der Waals surface area contributed by atoms with Gasteiger partial charge in [-0.1, -0.05) is 13.3 Å². The minimum absolute atomic E-state index is 0.0983. The SMILES string of the molecule is CCC1CCC(N(C)C(=O)c2cn[nH]c2C)CC1. The predicted molar refractivity (Wildman–Crippen MR) is 71.5 cm³/mol. The Morgan fingerprint density at radius 1 is 1.44 bits per heavy atom. The molecule has 1 heterocycles. The van der Waals surface area contributed by atoms with E-state index >= 15 is 0 Å². The zero-order chi connectivity index (χ0) is 13.1. The summed E-state index contributed by atoms with van der Waals surface area (Å²) in [6.45, 7) is 4.15. The van der Waals surface area contributed by atoms with Gasteiger partial charge in [0.05, 0.1) is 11.8 Å². The Morgan fingerprint density at radius 2 is 2.11 bits per heavy atom. The maximum atomic E-state index is 12.3. The molecule has 0 radical (unpaired) electrons. The Labute approximate surface area is 109 Å². The number of aryl methyl sites for hydroxylation is 1. The smallest absolute Gasteiger partial charge is 0.257 e. The predicted octanol–water partition coefficient (Wildman–Crippen LogP) is 2.76. The van der Waals surface area contributed by atoms with Crippen molar-refractivity contribution in [3.8, 4) is 0 Å². The molecule has 0 bridgehead atoms. The normalized spacial score (nSPS) is 23.9. The third-order valence-corrected chi connectivity index (χ3v) is 4.32. The van der Waals surface area contributed by atoms with Crippen LogP contribution in [-0.2, 0) is 0 Å². The molecule has 18 heavy (non-hydrogen) atoms. The van der Waals surface area contributed by atoms with Gasteiger partial charge in [0, 0.05) is 18.8 Å². The third-order valence-electron chi connectivity index (χ3n) is 4.32. The van der Waals surface area contributed by atoms with Crippen molar-refractivity contribution >= 4 is 5.91 Å². The summed E-state index contributed by atoms with van der Waals surface area (Å²) in [7, 11) is 1.92. The van der Waals surface area contributed by atoms with E-state index in [0.29, 0.717) is 11.6 Å². The molecule has 1 amide bonds. The number of hydrogen-bond donors (Lipinski definition) is 1. The van der Waals surface area contributed by atoms with Crippen LogP contribution in [0.4, 0.5) is 0 Å². The van der Waals surface area contributed by atoms with Crippen molar-refractivity contribution in [2.45, 2.75) is 52.0 Å². The van der Waals surface area contributed by atoms with Gasteiger partial charge in [-0.3, -0.25) is 9.89 Å². The van der Waals surface area contributed by atoms with Crippen LogP contribution in [0.1, 0.15) is 55.1 Å². The van der Waals surface area contributed by atoms with Crippen LogP contribution in [0.25, 0.3) is 0 Å². The van der Waals surface area contributed by atoms with Crippen molar-refractivity contribution in [1.29, 1.82) is 0 Å². The molecule has 0 aromatic carbocycles. The summed E-state index contributed by atoms with van der Waals surface area (Å²) in [5.41, 5.74) is 1.56. The fourth-order valence-corrected chi connectivity index (χ4v) is 2.86. The topological polar surface area (TPSA) is 49.0 Å². The Balaban J connectivity index is 1.98. The van der Waals surface area contributed by atoms with Gasteiger partial charge in [-0.15, -0.1) is 0 Å². The molecule has 1 aliphatic rings. The lowest BCUT2D eigenvalue weighted by Crippen LogP contribution is -2.39. The molecule has 0 saturated heterocycles. The summed E-state index contributed by atoms with van der Waals surface area (Å²) in [5.74, 6) is 0.960. The number of nitrogens with one attached hydrogen (secondary N) is 1. The van der Waals surface area contributed by atoms with E-state index in [1.54, 1.807) is 6.20 Å². The first-order valence-electron chi connectivity index (χ1n) is 6.90. The second kappa shape index (κ2) is 5.55. The quantitative estimate of drug-likeness (QED) is 0.895. The summed E-state index contributed by atoms with van der Waals surface area (Å²) in [5, 5.41) is 6.75. The van der Waals surface area contributed by atoms with Crippen LogP contribution >= 0.6 is 0 Å². The van der Waals surface area contributed by atoms with Crippen LogP contribution in [0.15, 0.2) is 6.20 Å². The highest BCUT2D eigenvalue weighted by molar-refractivity contribution is 5.95. The van der Waals surface area contributed by atoms with Crippen molar-refractivity contribution in [2.24, 2.45) is 5.92 Å². The van der Waals surface area contributed by atoms with Gasteiger partial charge < -0.3 is 4.90 Å². The van der Waals surface area contributed by atoms with Gasteiger partial charge in [0.1, 0.15) is 0 Å². The van der Waals surface area contributed by atoms with Crippen LogP contribution in [0, 0.1) is 12.8 Å². The van der Waals surface area contributed by atoms with Crippen molar-refractivity contribution in [1.82, 2.24) is 15.1 Å². The lowest BCUT2D eigenvalue weighted by atomic mass is 9.84. The molecule has 1 N–H and O–H groups in total. The average Bonchev–Trinajstić information content (AvgIpc) is 2.83. The number of aromatic nitrogens is 2. The van der Waals surface area contributed by atoms with Crippen LogP contribution in [0.2, 0.25) is 0 Å². The molecule has 0 unspecified atom stereocenters.